The number of nitrogens with zero attached hydrogens (tertiary/aromatic N) is 2. The highest BCUT2D eigenvalue weighted by Gasteiger charge is 2.35. The van der Waals surface area contributed by atoms with Gasteiger partial charge in [-0.2, -0.15) is 0 Å². The summed E-state index contributed by atoms with van der Waals surface area (Å²) >= 11 is 6.38. The minimum absolute atomic E-state index is 0.00767. The molecule has 4 aromatic carbocycles. The normalized spacial score (nSPS) is 11.9. The maximum Gasteiger partial charge on any atom is 0.264 e. The lowest BCUT2D eigenvalue weighted by atomic mass is 10.0. The number of benzene rings is 4. The molecular weight excluding hydrogens is 650 g/mol. The molecule has 1 atom stereocenters. The van der Waals surface area contributed by atoms with Crippen molar-refractivity contribution in [2.24, 2.45) is 5.92 Å². The van der Waals surface area contributed by atoms with Gasteiger partial charge in [0, 0.05) is 24.5 Å². The van der Waals surface area contributed by atoms with Crippen molar-refractivity contribution in [3.63, 3.8) is 0 Å². The van der Waals surface area contributed by atoms with Crippen LogP contribution in [0.15, 0.2) is 102 Å². The zero-order chi connectivity index (χ0) is 34.8. The summed E-state index contributed by atoms with van der Waals surface area (Å²) in [6, 6.07) is 26.5. The summed E-state index contributed by atoms with van der Waals surface area (Å²) in [5.41, 5.74) is 2.50. The number of sulfonamides is 1. The SMILES string of the molecule is COc1cccc(CN(C(=O)CN(c2cc(Cl)ccc2OC)S(=O)(=O)c2ccc(C)cc2)[C@H](Cc2ccccc2)C(=O)NCC(C)C)c1. The second kappa shape index (κ2) is 16.5. The summed E-state index contributed by atoms with van der Waals surface area (Å²) in [5.74, 6) is 0.00119. The Morgan fingerprint density at radius 1 is 0.854 bits per heavy atom. The molecule has 0 heterocycles. The molecule has 0 aliphatic heterocycles. The zero-order valence-electron chi connectivity index (χ0n) is 27.9. The number of amides is 2. The summed E-state index contributed by atoms with van der Waals surface area (Å²) in [5, 5.41) is 3.25. The van der Waals surface area contributed by atoms with Crippen LogP contribution in [-0.4, -0.2) is 58.5 Å². The highest BCUT2D eigenvalue weighted by Crippen LogP contribution is 2.35. The van der Waals surface area contributed by atoms with Crippen LogP contribution in [0.25, 0.3) is 0 Å². The number of carbonyl (C=O) groups is 2. The highest BCUT2D eigenvalue weighted by molar-refractivity contribution is 7.92. The van der Waals surface area contributed by atoms with Crippen LogP contribution in [0.2, 0.25) is 5.02 Å². The number of anilines is 1. The van der Waals surface area contributed by atoms with E-state index in [1.807, 2.05) is 57.2 Å². The lowest BCUT2D eigenvalue weighted by Crippen LogP contribution is -2.53. The number of rotatable bonds is 15. The van der Waals surface area contributed by atoms with E-state index < -0.39 is 28.5 Å². The third-order valence-electron chi connectivity index (χ3n) is 7.74. The van der Waals surface area contributed by atoms with Crippen molar-refractivity contribution in [3.8, 4) is 11.5 Å². The van der Waals surface area contributed by atoms with Crippen molar-refractivity contribution in [3.05, 3.63) is 119 Å². The number of ether oxygens (including phenoxy) is 2. The fourth-order valence-corrected chi connectivity index (χ4v) is 6.74. The fraction of sp³-hybridized carbons (Fsp3) is 0.297. The Morgan fingerprint density at radius 3 is 2.19 bits per heavy atom. The molecule has 0 saturated carbocycles. The zero-order valence-corrected chi connectivity index (χ0v) is 29.4. The van der Waals surface area contributed by atoms with Crippen LogP contribution < -0.4 is 19.1 Å². The van der Waals surface area contributed by atoms with Crippen LogP contribution in [0.3, 0.4) is 0 Å². The van der Waals surface area contributed by atoms with Crippen molar-refractivity contribution in [2.75, 3.05) is 31.6 Å². The Morgan fingerprint density at radius 2 is 1.54 bits per heavy atom. The maximum atomic E-state index is 14.7. The number of hydrogen-bond acceptors (Lipinski definition) is 6. The molecule has 0 bridgehead atoms. The van der Waals surface area contributed by atoms with Crippen molar-refractivity contribution in [2.45, 2.75) is 44.7 Å². The van der Waals surface area contributed by atoms with Crippen LogP contribution in [0.4, 0.5) is 5.69 Å². The second-order valence-corrected chi connectivity index (χ2v) is 14.2. The largest absolute Gasteiger partial charge is 0.497 e. The highest BCUT2D eigenvalue weighted by atomic mass is 35.5. The molecule has 9 nitrogen and oxygen atoms in total. The third-order valence-corrected chi connectivity index (χ3v) is 9.75. The predicted molar refractivity (Wildman–Crippen MR) is 189 cm³/mol. The summed E-state index contributed by atoms with van der Waals surface area (Å²) in [7, 11) is -1.37. The van der Waals surface area contributed by atoms with Gasteiger partial charge in [-0.05, 0) is 66.4 Å². The standard InChI is InChI=1S/C37H42ClN3O6S/c1-26(2)23-39-37(43)34(21-28-10-7-6-8-11-28)40(24-29-12-9-13-31(20-29)46-4)36(42)25-41(33-22-30(38)16-19-35(33)47-5)48(44,45)32-17-14-27(3)15-18-32/h6-20,22,26,34H,21,23-25H2,1-5H3,(H,39,43)/t34-/m1/s1. The van der Waals surface area contributed by atoms with Gasteiger partial charge in [0.1, 0.15) is 24.1 Å². The first-order valence-corrected chi connectivity index (χ1v) is 17.4. The Bertz CT molecular complexity index is 1800. The van der Waals surface area contributed by atoms with E-state index in [1.165, 1.54) is 30.2 Å². The quantitative estimate of drug-likeness (QED) is 0.158. The molecule has 0 radical (unpaired) electrons. The minimum atomic E-state index is -4.33. The predicted octanol–water partition coefficient (Wildman–Crippen LogP) is 6.27. The Balaban J connectivity index is 1.86. The van der Waals surface area contributed by atoms with Gasteiger partial charge >= 0.3 is 0 Å². The molecule has 48 heavy (non-hydrogen) atoms. The van der Waals surface area contributed by atoms with Gasteiger partial charge in [0.25, 0.3) is 10.0 Å². The van der Waals surface area contributed by atoms with E-state index in [0.717, 1.165) is 15.4 Å². The second-order valence-electron chi connectivity index (χ2n) is 11.9. The molecule has 254 valence electrons. The van der Waals surface area contributed by atoms with Gasteiger partial charge in [0.2, 0.25) is 11.8 Å². The molecule has 0 aliphatic carbocycles. The average molecular weight is 692 g/mol. The van der Waals surface area contributed by atoms with Crippen molar-refractivity contribution in [1.29, 1.82) is 0 Å². The number of carbonyl (C=O) groups excluding carboxylic acids is 2. The fourth-order valence-electron chi connectivity index (χ4n) is 5.15. The molecule has 2 amide bonds. The molecule has 0 aromatic heterocycles. The van der Waals surface area contributed by atoms with Crippen molar-refractivity contribution < 1.29 is 27.5 Å². The monoisotopic (exact) mass is 691 g/mol. The van der Waals surface area contributed by atoms with Gasteiger partial charge in [-0.1, -0.05) is 85.6 Å². The number of halogens is 1. The average Bonchev–Trinajstić information content (AvgIpc) is 3.08. The van der Waals surface area contributed by atoms with Gasteiger partial charge in [0.05, 0.1) is 24.8 Å². The van der Waals surface area contributed by atoms with Crippen molar-refractivity contribution >= 4 is 39.1 Å². The van der Waals surface area contributed by atoms with Gasteiger partial charge in [0.15, 0.2) is 0 Å². The first-order chi connectivity index (χ1) is 22.9. The Hall–Kier alpha value is -4.54. The number of hydrogen-bond donors (Lipinski definition) is 1. The third kappa shape index (κ3) is 9.29. The van der Waals surface area contributed by atoms with E-state index in [2.05, 4.69) is 5.32 Å². The lowest BCUT2D eigenvalue weighted by molar-refractivity contribution is -0.140. The van der Waals surface area contributed by atoms with E-state index in [-0.39, 0.29) is 46.1 Å². The van der Waals surface area contributed by atoms with E-state index in [1.54, 1.807) is 49.6 Å². The van der Waals surface area contributed by atoms with Crippen molar-refractivity contribution in [1.82, 2.24) is 10.2 Å². The molecule has 4 rings (SSSR count). The molecule has 4 aromatic rings. The van der Waals surface area contributed by atoms with Gasteiger partial charge in [-0.15, -0.1) is 0 Å². The maximum absolute atomic E-state index is 14.7. The van der Waals surface area contributed by atoms with Gasteiger partial charge < -0.3 is 19.7 Å². The Labute approximate surface area is 288 Å². The topological polar surface area (TPSA) is 105 Å². The summed E-state index contributed by atoms with van der Waals surface area (Å²) in [4.78, 5) is 30.1. The minimum Gasteiger partial charge on any atom is -0.497 e. The molecular formula is C37H42ClN3O6S. The molecule has 0 aliphatic rings. The molecule has 0 fully saturated rings. The van der Waals surface area contributed by atoms with E-state index in [4.69, 9.17) is 21.1 Å². The number of nitrogens with one attached hydrogen (secondary N) is 1. The van der Waals surface area contributed by atoms with Crippen LogP contribution in [0.5, 0.6) is 11.5 Å². The summed E-state index contributed by atoms with van der Waals surface area (Å²) < 4.78 is 40.7. The van der Waals surface area contributed by atoms with Crippen LogP contribution >= 0.6 is 11.6 Å². The van der Waals surface area contributed by atoms with Crippen LogP contribution in [0.1, 0.15) is 30.5 Å². The van der Waals surface area contributed by atoms with Gasteiger partial charge in [-0.25, -0.2) is 8.42 Å². The van der Waals surface area contributed by atoms with Gasteiger partial charge in [-0.3, -0.25) is 13.9 Å². The summed E-state index contributed by atoms with van der Waals surface area (Å²) in [6.07, 6.45) is 0.200. The first kappa shape index (κ1) is 36.3. The first-order valence-electron chi connectivity index (χ1n) is 15.6. The molecule has 11 heteroatoms. The van der Waals surface area contributed by atoms with Crippen LogP contribution in [-0.2, 0) is 32.6 Å². The number of aryl methyl sites for hydroxylation is 1. The van der Waals surface area contributed by atoms with E-state index in [9.17, 15) is 18.0 Å². The van der Waals surface area contributed by atoms with Crippen LogP contribution in [0, 0.1) is 12.8 Å². The Kier molecular flexibility index (Phi) is 12.5. The molecule has 1 N–H and O–H groups in total. The molecule has 0 saturated heterocycles. The lowest BCUT2D eigenvalue weighted by Gasteiger charge is -2.34. The molecule has 0 unspecified atom stereocenters. The summed E-state index contributed by atoms with van der Waals surface area (Å²) in [6.45, 7) is 5.59. The van der Waals surface area contributed by atoms with E-state index in [0.29, 0.717) is 17.9 Å². The number of methoxy groups -OCH3 is 2. The molecule has 0 spiro atoms. The smallest absolute Gasteiger partial charge is 0.264 e. The van der Waals surface area contributed by atoms with E-state index >= 15 is 0 Å².